The smallest absolute Gasteiger partial charge is 0.242 e. The zero-order valence-electron chi connectivity index (χ0n) is 17.4. The molecule has 0 spiro atoms. The highest BCUT2D eigenvalue weighted by Gasteiger charge is 2.33. The molecule has 162 valence electrons. The van der Waals surface area contributed by atoms with Crippen LogP contribution in [0.1, 0.15) is 30.1 Å². The number of hydrogen-bond acceptors (Lipinski definition) is 5. The van der Waals surface area contributed by atoms with E-state index in [1.165, 1.54) is 0 Å². The maximum atomic E-state index is 13.3. The molecule has 2 aromatic carbocycles. The molecule has 1 fully saturated rings. The molecule has 1 aliphatic rings. The van der Waals surface area contributed by atoms with Gasteiger partial charge in [0.25, 0.3) is 0 Å². The first-order valence-corrected chi connectivity index (χ1v) is 12.1. The first-order chi connectivity index (χ1) is 14.9. The highest BCUT2D eigenvalue weighted by atomic mass is 32.2. The SMILES string of the molecule is CC(NC(=O)C(c1ccccc1)N1CCS(=O)(=O)CC1)c1ccc(-n2ccnc2)cc1. The molecule has 8 heteroatoms. The van der Waals surface area contributed by atoms with E-state index in [9.17, 15) is 13.2 Å². The van der Waals surface area contributed by atoms with Crippen LogP contribution in [0.4, 0.5) is 0 Å². The van der Waals surface area contributed by atoms with Gasteiger partial charge >= 0.3 is 0 Å². The van der Waals surface area contributed by atoms with E-state index in [0.29, 0.717) is 13.1 Å². The predicted molar refractivity (Wildman–Crippen MR) is 120 cm³/mol. The standard InChI is InChI=1S/C23H26N4O3S/c1-18(19-7-9-21(10-8-19)27-12-11-24-17-27)25-23(28)22(20-5-3-2-4-6-20)26-13-15-31(29,30)16-14-26/h2-12,17-18,22H,13-16H2,1H3,(H,25,28). The minimum atomic E-state index is -3.03. The van der Waals surface area contributed by atoms with Crippen LogP contribution < -0.4 is 5.32 Å². The van der Waals surface area contributed by atoms with Crippen molar-refractivity contribution < 1.29 is 13.2 Å². The predicted octanol–water partition coefficient (Wildman–Crippen LogP) is 2.52. The van der Waals surface area contributed by atoms with Gasteiger partial charge in [-0.05, 0) is 30.2 Å². The number of nitrogens with one attached hydrogen (secondary N) is 1. The molecule has 2 atom stereocenters. The first kappa shape index (κ1) is 21.3. The zero-order chi connectivity index (χ0) is 21.8. The second kappa shape index (κ2) is 9.03. The van der Waals surface area contributed by atoms with Crippen molar-refractivity contribution in [1.29, 1.82) is 0 Å². The summed E-state index contributed by atoms with van der Waals surface area (Å²) in [5.74, 6) is 0.0284. The third kappa shape index (κ3) is 5.03. The Morgan fingerprint density at radius 3 is 2.29 bits per heavy atom. The van der Waals surface area contributed by atoms with Crippen LogP contribution in [-0.2, 0) is 14.6 Å². The Morgan fingerprint density at radius 2 is 1.68 bits per heavy atom. The van der Waals surface area contributed by atoms with Crippen molar-refractivity contribution in [2.75, 3.05) is 24.6 Å². The zero-order valence-corrected chi connectivity index (χ0v) is 18.2. The largest absolute Gasteiger partial charge is 0.348 e. The van der Waals surface area contributed by atoms with E-state index in [1.54, 1.807) is 12.5 Å². The normalized spacial score (nSPS) is 18.2. The van der Waals surface area contributed by atoms with Gasteiger partial charge < -0.3 is 9.88 Å². The number of imidazole rings is 1. The lowest BCUT2D eigenvalue weighted by atomic mass is 10.0. The van der Waals surface area contributed by atoms with Gasteiger partial charge in [-0.3, -0.25) is 9.69 Å². The van der Waals surface area contributed by atoms with Gasteiger partial charge in [0.05, 0.1) is 23.9 Å². The lowest BCUT2D eigenvalue weighted by Crippen LogP contribution is -2.47. The van der Waals surface area contributed by atoms with Gasteiger partial charge in [0.2, 0.25) is 5.91 Å². The molecule has 1 aromatic heterocycles. The fourth-order valence-corrected chi connectivity index (χ4v) is 5.10. The van der Waals surface area contributed by atoms with Crippen LogP contribution in [0.3, 0.4) is 0 Å². The van der Waals surface area contributed by atoms with Crippen molar-refractivity contribution in [2.45, 2.75) is 19.0 Å². The summed E-state index contributed by atoms with van der Waals surface area (Å²) in [6.07, 6.45) is 5.35. The Balaban J connectivity index is 1.50. The number of carbonyl (C=O) groups is 1. The fourth-order valence-electron chi connectivity index (χ4n) is 3.87. The number of hydrogen-bond donors (Lipinski definition) is 1. The molecule has 0 aliphatic carbocycles. The molecule has 1 saturated heterocycles. The Morgan fingerprint density at radius 1 is 1.00 bits per heavy atom. The molecule has 4 rings (SSSR count). The molecule has 2 heterocycles. The van der Waals surface area contributed by atoms with E-state index in [4.69, 9.17) is 0 Å². The van der Waals surface area contributed by atoms with Crippen LogP contribution in [0.5, 0.6) is 0 Å². The van der Waals surface area contributed by atoms with E-state index in [2.05, 4.69) is 10.3 Å². The fraction of sp³-hybridized carbons (Fsp3) is 0.304. The van der Waals surface area contributed by atoms with Gasteiger partial charge in [0.15, 0.2) is 9.84 Å². The van der Waals surface area contributed by atoms with Crippen molar-refractivity contribution in [1.82, 2.24) is 19.8 Å². The van der Waals surface area contributed by atoms with Crippen molar-refractivity contribution in [3.05, 3.63) is 84.4 Å². The molecule has 31 heavy (non-hydrogen) atoms. The van der Waals surface area contributed by atoms with Crippen molar-refractivity contribution in [3.8, 4) is 5.69 Å². The second-order valence-electron chi connectivity index (χ2n) is 7.79. The molecular weight excluding hydrogens is 412 g/mol. The van der Waals surface area contributed by atoms with Gasteiger partial charge in [-0.2, -0.15) is 0 Å². The first-order valence-electron chi connectivity index (χ1n) is 10.3. The monoisotopic (exact) mass is 438 g/mol. The quantitative estimate of drug-likeness (QED) is 0.639. The number of sulfone groups is 1. The van der Waals surface area contributed by atoms with Crippen LogP contribution in [0.15, 0.2) is 73.3 Å². The summed E-state index contributed by atoms with van der Waals surface area (Å²) in [7, 11) is -3.03. The molecule has 2 unspecified atom stereocenters. The van der Waals surface area contributed by atoms with Crippen LogP contribution in [0, 0.1) is 0 Å². The summed E-state index contributed by atoms with van der Waals surface area (Å²) in [4.78, 5) is 19.3. The summed E-state index contributed by atoms with van der Waals surface area (Å²) >= 11 is 0. The number of amides is 1. The Hall–Kier alpha value is -2.97. The molecular formula is C23H26N4O3S. The topological polar surface area (TPSA) is 84.3 Å². The van der Waals surface area contributed by atoms with Gasteiger partial charge in [-0.25, -0.2) is 13.4 Å². The maximum absolute atomic E-state index is 13.3. The Kier molecular flexibility index (Phi) is 6.20. The van der Waals surface area contributed by atoms with Crippen LogP contribution in [0.2, 0.25) is 0 Å². The minimum absolute atomic E-state index is 0.0783. The molecule has 0 radical (unpaired) electrons. The third-order valence-electron chi connectivity index (χ3n) is 5.66. The number of benzene rings is 2. The van der Waals surface area contributed by atoms with Gasteiger partial charge in [0.1, 0.15) is 6.04 Å². The molecule has 0 saturated carbocycles. The number of carbonyl (C=O) groups excluding carboxylic acids is 1. The van der Waals surface area contributed by atoms with Crippen LogP contribution >= 0.6 is 0 Å². The second-order valence-corrected chi connectivity index (χ2v) is 10.1. The van der Waals surface area contributed by atoms with Gasteiger partial charge in [0, 0.05) is 31.2 Å². The molecule has 7 nitrogen and oxygen atoms in total. The summed E-state index contributed by atoms with van der Waals surface area (Å²) in [6.45, 7) is 2.65. The number of nitrogens with zero attached hydrogens (tertiary/aromatic N) is 3. The summed E-state index contributed by atoms with van der Waals surface area (Å²) in [5, 5.41) is 3.12. The van der Waals surface area contributed by atoms with Crippen molar-refractivity contribution in [3.63, 3.8) is 0 Å². The molecule has 1 aliphatic heterocycles. The Bertz CT molecular complexity index is 1100. The lowest BCUT2D eigenvalue weighted by Gasteiger charge is -2.34. The number of rotatable bonds is 6. The summed E-state index contributed by atoms with van der Waals surface area (Å²) < 4.78 is 25.7. The number of aromatic nitrogens is 2. The van der Waals surface area contributed by atoms with E-state index in [1.807, 2.05) is 77.2 Å². The van der Waals surface area contributed by atoms with Crippen molar-refractivity contribution >= 4 is 15.7 Å². The average Bonchev–Trinajstić information content (AvgIpc) is 3.31. The Labute approximate surface area is 182 Å². The summed E-state index contributed by atoms with van der Waals surface area (Å²) in [5.41, 5.74) is 2.85. The van der Waals surface area contributed by atoms with Crippen LogP contribution in [0.25, 0.3) is 5.69 Å². The van der Waals surface area contributed by atoms with E-state index < -0.39 is 15.9 Å². The molecule has 1 amide bonds. The highest BCUT2D eigenvalue weighted by Crippen LogP contribution is 2.25. The van der Waals surface area contributed by atoms with E-state index in [-0.39, 0.29) is 23.5 Å². The summed E-state index contributed by atoms with van der Waals surface area (Å²) in [6, 6.07) is 16.8. The lowest BCUT2D eigenvalue weighted by molar-refractivity contribution is -0.127. The van der Waals surface area contributed by atoms with Crippen LogP contribution in [-0.4, -0.2) is 53.4 Å². The van der Waals surface area contributed by atoms with E-state index >= 15 is 0 Å². The molecule has 1 N–H and O–H groups in total. The molecule has 3 aromatic rings. The third-order valence-corrected chi connectivity index (χ3v) is 7.27. The van der Waals surface area contributed by atoms with Crippen molar-refractivity contribution in [2.24, 2.45) is 0 Å². The average molecular weight is 439 g/mol. The minimum Gasteiger partial charge on any atom is -0.348 e. The van der Waals surface area contributed by atoms with Gasteiger partial charge in [-0.1, -0.05) is 42.5 Å². The van der Waals surface area contributed by atoms with E-state index in [0.717, 1.165) is 16.8 Å². The van der Waals surface area contributed by atoms with Gasteiger partial charge in [-0.15, -0.1) is 0 Å². The highest BCUT2D eigenvalue weighted by molar-refractivity contribution is 7.91. The maximum Gasteiger partial charge on any atom is 0.242 e. The molecule has 0 bridgehead atoms.